The Kier molecular flexibility index (Phi) is 3.16. The van der Waals surface area contributed by atoms with Crippen molar-refractivity contribution in [3.05, 3.63) is 60.2 Å². The fraction of sp³-hybridized carbons (Fsp3) is 0.133. The van der Waals surface area contributed by atoms with Gasteiger partial charge in [0.1, 0.15) is 30.5 Å². The highest BCUT2D eigenvalue weighted by atomic mass is 16.5. The molecule has 0 aliphatic heterocycles. The Labute approximate surface area is 110 Å². The summed E-state index contributed by atoms with van der Waals surface area (Å²) in [7, 11) is 0. The molecule has 4 heteroatoms. The fourth-order valence-electron chi connectivity index (χ4n) is 1.88. The van der Waals surface area contributed by atoms with E-state index in [1.807, 2.05) is 30.3 Å². The molecule has 0 amide bonds. The Morgan fingerprint density at radius 2 is 2.00 bits per heavy atom. The Morgan fingerprint density at radius 1 is 1.11 bits per heavy atom. The fourth-order valence-corrected chi connectivity index (χ4v) is 1.88. The summed E-state index contributed by atoms with van der Waals surface area (Å²) < 4.78 is 11.0. The smallest absolute Gasteiger partial charge is 0.146 e. The summed E-state index contributed by atoms with van der Waals surface area (Å²) in [5.41, 5.74) is 0.940. The first-order chi connectivity index (χ1) is 9.35. The first-order valence-corrected chi connectivity index (χ1v) is 6.01. The lowest BCUT2D eigenvalue weighted by molar-refractivity contribution is 0.225. The minimum atomic E-state index is -0.0956. The van der Waals surface area contributed by atoms with E-state index < -0.39 is 0 Å². The van der Waals surface area contributed by atoms with Crippen molar-refractivity contribution in [2.45, 2.75) is 13.2 Å². The van der Waals surface area contributed by atoms with E-state index in [-0.39, 0.29) is 6.61 Å². The molecule has 0 aliphatic carbocycles. The van der Waals surface area contributed by atoms with Crippen LogP contribution in [0.4, 0.5) is 0 Å². The van der Waals surface area contributed by atoms with Gasteiger partial charge >= 0.3 is 0 Å². The van der Waals surface area contributed by atoms with Crippen molar-refractivity contribution in [1.29, 1.82) is 0 Å². The van der Waals surface area contributed by atoms with Gasteiger partial charge in [-0.3, -0.25) is 4.98 Å². The number of benzene rings is 1. The maximum Gasteiger partial charge on any atom is 0.146 e. The van der Waals surface area contributed by atoms with Crippen LogP contribution < -0.4 is 4.74 Å². The van der Waals surface area contributed by atoms with Crippen molar-refractivity contribution in [2.75, 3.05) is 0 Å². The number of rotatable bonds is 4. The molecule has 0 aliphatic rings. The van der Waals surface area contributed by atoms with Crippen LogP contribution in [0.1, 0.15) is 11.5 Å². The van der Waals surface area contributed by atoms with E-state index in [1.165, 1.54) is 0 Å². The van der Waals surface area contributed by atoms with Crippen molar-refractivity contribution in [3.63, 3.8) is 0 Å². The summed E-state index contributed by atoms with van der Waals surface area (Å²) in [6, 6.07) is 13.2. The van der Waals surface area contributed by atoms with Crippen molar-refractivity contribution in [1.82, 2.24) is 4.98 Å². The highest BCUT2D eigenvalue weighted by Gasteiger charge is 2.03. The molecule has 0 saturated carbocycles. The van der Waals surface area contributed by atoms with Crippen molar-refractivity contribution in [2.24, 2.45) is 0 Å². The van der Waals surface area contributed by atoms with Crippen LogP contribution in [0.25, 0.3) is 10.9 Å². The molecule has 0 saturated heterocycles. The van der Waals surface area contributed by atoms with E-state index in [4.69, 9.17) is 14.3 Å². The van der Waals surface area contributed by atoms with Gasteiger partial charge in [-0.15, -0.1) is 0 Å². The molecule has 1 N–H and O–H groups in total. The van der Waals surface area contributed by atoms with Crippen molar-refractivity contribution >= 4 is 10.9 Å². The number of furan rings is 1. The summed E-state index contributed by atoms with van der Waals surface area (Å²) in [6.45, 7) is 0.243. The lowest BCUT2D eigenvalue weighted by atomic mass is 10.2. The molecule has 2 heterocycles. The van der Waals surface area contributed by atoms with E-state index in [2.05, 4.69) is 4.98 Å². The van der Waals surface area contributed by atoms with Gasteiger partial charge < -0.3 is 14.3 Å². The normalized spacial score (nSPS) is 10.8. The van der Waals surface area contributed by atoms with Gasteiger partial charge in [0.15, 0.2) is 0 Å². The largest absolute Gasteiger partial charge is 0.486 e. The molecular formula is C15H13NO3. The number of ether oxygens (including phenoxy) is 1. The van der Waals surface area contributed by atoms with Crippen LogP contribution in [0.3, 0.4) is 0 Å². The minimum absolute atomic E-state index is 0.0956. The van der Waals surface area contributed by atoms with Gasteiger partial charge in [-0.05, 0) is 36.4 Å². The van der Waals surface area contributed by atoms with Crippen LogP contribution in [-0.4, -0.2) is 10.1 Å². The average molecular weight is 255 g/mol. The van der Waals surface area contributed by atoms with E-state index >= 15 is 0 Å². The van der Waals surface area contributed by atoms with Crippen LogP contribution in [0.2, 0.25) is 0 Å². The summed E-state index contributed by atoms with van der Waals surface area (Å²) in [5, 5.41) is 9.95. The van der Waals surface area contributed by atoms with Gasteiger partial charge in [0, 0.05) is 11.6 Å². The molecule has 0 fully saturated rings. The second-order valence-electron chi connectivity index (χ2n) is 4.17. The zero-order valence-electron chi connectivity index (χ0n) is 10.2. The molecular weight excluding hydrogens is 242 g/mol. The van der Waals surface area contributed by atoms with Crippen LogP contribution in [-0.2, 0) is 13.2 Å². The first-order valence-electron chi connectivity index (χ1n) is 6.01. The quantitative estimate of drug-likeness (QED) is 0.778. The number of fused-ring (bicyclic) bond motifs is 1. The summed E-state index contributed by atoms with van der Waals surface area (Å²) in [5.74, 6) is 2.00. The van der Waals surface area contributed by atoms with E-state index in [1.54, 1.807) is 18.3 Å². The summed E-state index contributed by atoms with van der Waals surface area (Å²) in [6.07, 6.45) is 1.77. The number of aliphatic hydroxyl groups is 1. The number of pyridine rings is 1. The maximum atomic E-state index is 8.91. The zero-order chi connectivity index (χ0) is 13.1. The second kappa shape index (κ2) is 5.12. The lowest BCUT2D eigenvalue weighted by Crippen LogP contribution is -1.93. The van der Waals surface area contributed by atoms with Gasteiger partial charge in [-0.1, -0.05) is 6.07 Å². The Hall–Kier alpha value is -2.33. The molecule has 96 valence electrons. The Bertz CT molecular complexity index is 690. The van der Waals surface area contributed by atoms with Crippen molar-refractivity contribution in [3.8, 4) is 5.75 Å². The number of aliphatic hydroxyl groups excluding tert-OH is 1. The highest BCUT2D eigenvalue weighted by molar-refractivity contribution is 5.79. The predicted octanol–water partition coefficient (Wildman–Crippen LogP) is 2.90. The van der Waals surface area contributed by atoms with E-state index in [0.29, 0.717) is 18.1 Å². The molecule has 3 aromatic rings. The topological polar surface area (TPSA) is 55.5 Å². The monoisotopic (exact) mass is 255 g/mol. The van der Waals surface area contributed by atoms with Gasteiger partial charge in [0.25, 0.3) is 0 Å². The molecule has 3 rings (SSSR count). The number of aromatic nitrogens is 1. The molecule has 0 atom stereocenters. The third-order valence-electron chi connectivity index (χ3n) is 2.83. The third kappa shape index (κ3) is 2.58. The van der Waals surface area contributed by atoms with Gasteiger partial charge in [0.05, 0.1) is 5.52 Å². The second-order valence-corrected chi connectivity index (χ2v) is 4.17. The Balaban J connectivity index is 1.74. The van der Waals surface area contributed by atoms with Crippen LogP contribution in [0, 0.1) is 0 Å². The zero-order valence-corrected chi connectivity index (χ0v) is 10.2. The van der Waals surface area contributed by atoms with Gasteiger partial charge in [-0.2, -0.15) is 0 Å². The predicted molar refractivity (Wildman–Crippen MR) is 70.7 cm³/mol. The standard InChI is InChI=1S/C15H13NO3/c17-9-13-3-4-14(19-13)10-18-12-5-6-15-11(8-12)2-1-7-16-15/h1-8,17H,9-10H2. The minimum Gasteiger partial charge on any atom is -0.486 e. The molecule has 0 unspecified atom stereocenters. The van der Waals surface area contributed by atoms with E-state index in [9.17, 15) is 0 Å². The number of hydrogen-bond donors (Lipinski definition) is 1. The molecule has 0 spiro atoms. The number of hydrogen-bond acceptors (Lipinski definition) is 4. The molecule has 4 nitrogen and oxygen atoms in total. The third-order valence-corrected chi connectivity index (χ3v) is 2.83. The van der Waals surface area contributed by atoms with Crippen LogP contribution in [0.15, 0.2) is 53.1 Å². The first kappa shape index (κ1) is 11.7. The molecule has 19 heavy (non-hydrogen) atoms. The van der Waals surface area contributed by atoms with E-state index in [0.717, 1.165) is 16.7 Å². The molecule has 2 aromatic heterocycles. The Morgan fingerprint density at radius 3 is 2.84 bits per heavy atom. The van der Waals surface area contributed by atoms with Crippen LogP contribution in [0.5, 0.6) is 5.75 Å². The SMILES string of the molecule is OCc1ccc(COc2ccc3ncccc3c2)o1. The van der Waals surface area contributed by atoms with Gasteiger partial charge in [-0.25, -0.2) is 0 Å². The molecule has 1 aromatic carbocycles. The van der Waals surface area contributed by atoms with Gasteiger partial charge in [0.2, 0.25) is 0 Å². The molecule has 0 bridgehead atoms. The van der Waals surface area contributed by atoms with Crippen molar-refractivity contribution < 1.29 is 14.3 Å². The average Bonchev–Trinajstić information content (AvgIpc) is 2.93. The number of nitrogens with zero attached hydrogens (tertiary/aromatic N) is 1. The summed E-state index contributed by atoms with van der Waals surface area (Å²) in [4.78, 5) is 4.25. The summed E-state index contributed by atoms with van der Waals surface area (Å²) >= 11 is 0. The van der Waals surface area contributed by atoms with Crippen LogP contribution >= 0.6 is 0 Å². The highest BCUT2D eigenvalue weighted by Crippen LogP contribution is 2.20. The lowest BCUT2D eigenvalue weighted by Gasteiger charge is -2.05. The molecule has 0 radical (unpaired) electrons. The maximum absolute atomic E-state index is 8.91.